The first-order valence-corrected chi connectivity index (χ1v) is 6.94. The molecule has 3 nitrogen and oxygen atoms in total. The number of carbonyl (C=O) groups excluding carboxylic acids is 1. The van der Waals surface area contributed by atoms with Gasteiger partial charge >= 0.3 is 0 Å². The molecule has 2 atom stereocenters. The first-order valence-electron chi connectivity index (χ1n) is 6.56. The molecule has 1 saturated heterocycles. The predicted molar refractivity (Wildman–Crippen MR) is 74.2 cm³/mol. The van der Waals surface area contributed by atoms with Gasteiger partial charge in [0, 0.05) is 6.54 Å². The summed E-state index contributed by atoms with van der Waals surface area (Å²) in [6, 6.07) is 5.79. The van der Waals surface area contributed by atoms with Gasteiger partial charge in [0.1, 0.15) is 6.04 Å². The molecule has 2 heterocycles. The van der Waals surface area contributed by atoms with Gasteiger partial charge in [0.05, 0.1) is 16.4 Å². The van der Waals surface area contributed by atoms with E-state index < -0.39 is 0 Å². The molecule has 1 amide bonds. The van der Waals surface area contributed by atoms with E-state index >= 15 is 0 Å². The van der Waals surface area contributed by atoms with Gasteiger partial charge in [-0.05, 0) is 30.9 Å². The quantitative estimate of drug-likeness (QED) is 0.844. The SMILES string of the molecule is CCC1CCN2c3cccc(Cl)c3NC(=O)C2C1. The molecule has 0 bridgehead atoms. The fraction of sp³-hybridized carbons (Fsp3) is 0.500. The molecule has 0 aliphatic carbocycles. The summed E-state index contributed by atoms with van der Waals surface area (Å²) < 4.78 is 0. The Hall–Kier alpha value is -1.22. The fourth-order valence-corrected chi connectivity index (χ4v) is 3.25. The number of para-hydroxylation sites is 1. The number of amides is 1. The summed E-state index contributed by atoms with van der Waals surface area (Å²) in [5.41, 5.74) is 1.84. The Morgan fingerprint density at radius 3 is 3.11 bits per heavy atom. The van der Waals surface area contributed by atoms with Crippen LogP contribution in [0, 0.1) is 5.92 Å². The molecule has 0 saturated carbocycles. The van der Waals surface area contributed by atoms with E-state index in [1.807, 2.05) is 18.2 Å². The number of hydrogen-bond acceptors (Lipinski definition) is 2. The Balaban J connectivity index is 1.98. The molecule has 2 aliphatic rings. The van der Waals surface area contributed by atoms with Gasteiger partial charge in [-0.1, -0.05) is 31.0 Å². The van der Waals surface area contributed by atoms with Crippen molar-refractivity contribution >= 4 is 28.9 Å². The summed E-state index contributed by atoms with van der Waals surface area (Å²) in [5, 5.41) is 3.58. The van der Waals surface area contributed by atoms with Gasteiger partial charge in [-0.3, -0.25) is 4.79 Å². The number of benzene rings is 1. The van der Waals surface area contributed by atoms with Crippen LogP contribution in [0.2, 0.25) is 5.02 Å². The third-order valence-electron chi connectivity index (χ3n) is 4.14. The Labute approximate surface area is 112 Å². The minimum absolute atomic E-state index is 0.0188. The Bertz CT molecular complexity index is 489. The summed E-state index contributed by atoms with van der Waals surface area (Å²) in [5.74, 6) is 0.756. The van der Waals surface area contributed by atoms with Crippen LogP contribution in [0.25, 0.3) is 0 Å². The van der Waals surface area contributed by atoms with Crippen molar-refractivity contribution in [1.29, 1.82) is 0 Å². The predicted octanol–water partition coefficient (Wildman–Crippen LogP) is 3.29. The van der Waals surface area contributed by atoms with Crippen molar-refractivity contribution in [2.45, 2.75) is 32.2 Å². The van der Waals surface area contributed by atoms with E-state index in [0.717, 1.165) is 37.2 Å². The van der Waals surface area contributed by atoms with Crippen molar-refractivity contribution in [2.75, 3.05) is 16.8 Å². The normalized spacial score (nSPS) is 26.3. The first kappa shape index (κ1) is 11.8. The maximum atomic E-state index is 12.2. The molecule has 18 heavy (non-hydrogen) atoms. The second-order valence-corrected chi connectivity index (χ2v) is 5.54. The Morgan fingerprint density at radius 1 is 1.50 bits per heavy atom. The average molecular weight is 265 g/mol. The van der Waals surface area contributed by atoms with Crippen molar-refractivity contribution in [2.24, 2.45) is 5.92 Å². The standard InChI is InChI=1S/C14H17ClN2O/c1-2-9-6-7-17-11-5-3-4-10(15)13(11)16-14(18)12(17)8-9/h3-5,9,12H,2,6-8H2,1H3,(H,16,18). The summed E-state index contributed by atoms with van der Waals surface area (Å²) in [6.07, 6.45) is 3.26. The molecular formula is C14H17ClN2O. The average Bonchev–Trinajstić information content (AvgIpc) is 2.40. The molecule has 3 rings (SSSR count). The van der Waals surface area contributed by atoms with Crippen LogP contribution < -0.4 is 10.2 Å². The number of halogens is 1. The summed E-state index contributed by atoms with van der Waals surface area (Å²) >= 11 is 6.15. The zero-order chi connectivity index (χ0) is 12.7. The highest BCUT2D eigenvalue weighted by Gasteiger charge is 2.37. The van der Waals surface area contributed by atoms with Crippen LogP contribution in [0.5, 0.6) is 0 Å². The monoisotopic (exact) mass is 264 g/mol. The molecule has 1 aromatic carbocycles. The lowest BCUT2D eigenvalue weighted by Crippen LogP contribution is -2.52. The summed E-state index contributed by atoms with van der Waals surface area (Å²) in [7, 11) is 0. The van der Waals surface area contributed by atoms with Crippen molar-refractivity contribution in [3.05, 3.63) is 23.2 Å². The molecule has 0 aromatic heterocycles. The molecule has 1 aromatic rings. The Morgan fingerprint density at radius 2 is 2.33 bits per heavy atom. The topological polar surface area (TPSA) is 32.3 Å². The zero-order valence-electron chi connectivity index (χ0n) is 10.4. The highest BCUT2D eigenvalue weighted by molar-refractivity contribution is 6.35. The fourth-order valence-electron chi connectivity index (χ4n) is 3.03. The molecule has 96 valence electrons. The molecular weight excluding hydrogens is 248 g/mol. The van der Waals surface area contributed by atoms with Crippen LogP contribution in [0.1, 0.15) is 26.2 Å². The van der Waals surface area contributed by atoms with Crippen molar-refractivity contribution in [3.8, 4) is 0 Å². The minimum Gasteiger partial charge on any atom is -0.358 e. The zero-order valence-corrected chi connectivity index (χ0v) is 11.2. The lowest BCUT2D eigenvalue weighted by Gasteiger charge is -2.43. The van der Waals surface area contributed by atoms with E-state index in [4.69, 9.17) is 11.6 Å². The van der Waals surface area contributed by atoms with Crippen molar-refractivity contribution < 1.29 is 4.79 Å². The number of hydrogen-bond donors (Lipinski definition) is 1. The second kappa shape index (κ2) is 4.47. The molecule has 1 N–H and O–H groups in total. The van der Waals surface area contributed by atoms with Crippen molar-refractivity contribution in [1.82, 2.24) is 0 Å². The molecule has 2 unspecified atom stereocenters. The number of nitrogens with one attached hydrogen (secondary N) is 1. The van der Waals surface area contributed by atoms with Gasteiger partial charge < -0.3 is 10.2 Å². The number of piperidine rings is 1. The first-order chi connectivity index (χ1) is 8.70. The maximum absolute atomic E-state index is 12.2. The van der Waals surface area contributed by atoms with E-state index in [-0.39, 0.29) is 11.9 Å². The van der Waals surface area contributed by atoms with Gasteiger partial charge in [0.25, 0.3) is 0 Å². The van der Waals surface area contributed by atoms with Gasteiger partial charge in [0.2, 0.25) is 5.91 Å². The number of fused-ring (bicyclic) bond motifs is 3. The van der Waals surface area contributed by atoms with Crippen LogP contribution in [0.3, 0.4) is 0 Å². The third-order valence-corrected chi connectivity index (χ3v) is 4.46. The van der Waals surface area contributed by atoms with Crippen molar-refractivity contribution in [3.63, 3.8) is 0 Å². The van der Waals surface area contributed by atoms with E-state index in [0.29, 0.717) is 10.9 Å². The molecule has 2 aliphatic heterocycles. The van der Waals surface area contributed by atoms with Crippen LogP contribution in [-0.4, -0.2) is 18.5 Å². The van der Waals surface area contributed by atoms with E-state index in [1.54, 1.807) is 0 Å². The molecule has 0 spiro atoms. The largest absolute Gasteiger partial charge is 0.358 e. The summed E-state index contributed by atoms with van der Waals surface area (Å²) in [4.78, 5) is 14.4. The van der Waals surface area contributed by atoms with Crippen LogP contribution in [-0.2, 0) is 4.79 Å². The lowest BCUT2D eigenvalue weighted by molar-refractivity contribution is -0.118. The minimum atomic E-state index is -0.0188. The van der Waals surface area contributed by atoms with Crippen LogP contribution in [0.15, 0.2) is 18.2 Å². The van der Waals surface area contributed by atoms with Gasteiger partial charge in [-0.2, -0.15) is 0 Å². The number of anilines is 2. The van der Waals surface area contributed by atoms with Gasteiger partial charge in [0.15, 0.2) is 0 Å². The molecule has 1 fully saturated rings. The van der Waals surface area contributed by atoms with Gasteiger partial charge in [-0.15, -0.1) is 0 Å². The smallest absolute Gasteiger partial charge is 0.247 e. The molecule has 4 heteroatoms. The molecule has 0 radical (unpaired) electrons. The third kappa shape index (κ3) is 1.77. The number of rotatable bonds is 1. The maximum Gasteiger partial charge on any atom is 0.247 e. The number of carbonyl (C=O) groups is 1. The Kier molecular flexibility index (Phi) is 2.94. The lowest BCUT2D eigenvalue weighted by atomic mass is 9.87. The number of nitrogens with zero attached hydrogens (tertiary/aromatic N) is 1. The highest BCUT2D eigenvalue weighted by atomic mass is 35.5. The van der Waals surface area contributed by atoms with Crippen LogP contribution in [0.4, 0.5) is 11.4 Å². The van der Waals surface area contributed by atoms with E-state index in [9.17, 15) is 4.79 Å². The van der Waals surface area contributed by atoms with Gasteiger partial charge in [-0.25, -0.2) is 0 Å². The second-order valence-electron chi connectivity index (χ2n) is 5.13. The van der Waals surface area contributed by atoms with E-state index in [2.05, 4.69) is 17.1 Å². The van der Waals surface area contributed by atoms with Crippen LogP contribution >= 0.6 is 11.6 Å². The summed E-state index contributed by atoms with van der Waals surface area (Å²) in [6.45, 7) is 3.15. The van der Waals surface area contributed by atoms with E-state index in [1.165, 1.54) is 0 Å². The highest BCUT2D eigenvalue weighted by Crippen LogP contribution is 2.41.